The Labute approximate surface area is 131 Å². The molecule has 2 atom stereocenters. The highest BCUT2D eigenvalue weighted by Gasteiger charge is 2.63. The van der Waals surface area contributed by atoms with Crippen LogP contribution in [0.1, 0.15) is 26.7 Å². The van der Waals surface area contributed by atoms with E-state index in [0.29, 0.717) is 5.57 Å². The molecule has 0 radical (unpaired) electrons. The minimum atomic E-state index is -1.09. The Morgan fingerprint density at radius 3 is 2.73 bits per heavy atom. The maximum Gasteiger partial charge on any atom is 0.232 e. The van der Waals surface area contributed by atoms with Gasteiger partial charge in [-0.15, -0.1) is 0 Å². The molecule has 22 heavy (non-hydrogen) atoms. The highest BCUT2D eigenvalue weighted by atomic mass is 16.7. The predicted octanol–water partition coefficient (Wildman–Crippen LogP) is 2.56. The van der Waals surface area contributed by atoms with Crippen LogP contribution in [-0.2, 0) is 19.0 Å². The summed E-state index contributed by atoms with van der Waals surface area (Å²) in [6.07, 6.45) is 4.41. The highest BCUT2D eigenvalue weighted by Crippen LogP contribution is 2.44. The van der Waals surface area contributed by atoms with E-state index in [-0.39, 0.29) is 5.78 Å². The Morgan fingerprint density at radius 1 is 1.45 bits per heavy atom. The maximum atomic E-state index is 11.8. The van der Waals surface area contributed by atoms with Gasteiger partial charge in [-0.05, 0) is 32.3 Å². The van der Waals surface area contributed by atoms with Crippen LogP contribution in [-0.4, -0.2) is 38.0 Å². The average molecular weight is 302 g/mol. The van der Waals surface area contributed by atoms with Gasteiger partial charge >= 0.3 is 0 Å². The van der Waals surface area contributed by atoms with Gasteiger partial charge in [0.1, 0.15) is 0 Å². The van der Waals surface area contributed by atoms with Gasteiger partial charge in [0, 0.05) is 20.3 Å². The molecule has 1 fully saturated rings. The third-order valence-electron chi connectivity index (χ3n) is 3.79. The highest BCUT2D eigenvalue weighted by molar-refractivity contribution is 5.99. The number of rotatable bonds is 5. The summed E-state index contributed by atoms with van der Waals surface area (Å²) in [6.45, 7) is 8.08. The minimum Gasteiger partial charge on any atom is -0.355 e. The number of ketones is 1. The summed E-state index contributed by atoms with van der Waals surface area (Å²) in [5.41, 5.74) is 2.58. The van der Waals surface area contributed by atoms with Crippen LogP contribution in [0.3, 0.4) is 0 Å². The Balaban J connectivity index is 2.13. The predicted molar refractivity (Wildman–Crippen MR) is 84.1 cm³/mol. The first-order chi connectivity index (χ1) is 10.4. The van der Waals surface area contributed by atoms with Crippen molar-refractivity contribution in [3.05, 3.63) is 35.5 Å². The molecule has 1 heterocycles. The molecular weight excluding hydrogens is 280 g/mol. The Morgan fingerprint density at radius 2 is 2.14 bits per heavy atom. The summed E-state index contributed by atoms with van der Waals surface area (Å²) in [4.78, 5) is 11.8. The second-order valence-corrected chi connectivity index (χ2v) is 5.69. The third kappa shape index (κ3) is 3.22. The smallest absolute Gasteiger partial charge is 0.232 e. The summed E-state index contributed by atoms with van der Waals surface area (Å²) in [5, 5.41) is 0. The van der Waals surface area contributed by atoms with Gasteiger partial charge in [0.2, 0.25) is 5.79 Å². The van der Waals surface area contributed by atoms with E-state index in [2.05, 4.69) is 38.3 Å². The zero-order chi connectivity index (χ0) is 16.3. The molecule has 2 rings (SSSR count). The van der Waals surface area contributed by atoms with Crippen molar-refractivity contribution in [1.29, 1.82) is 0 Å². The lowest BCUT2D eigenvalue weighted by molar-refractivity contribution is -0.188. The molecule has 0 saturated carbocycles. The van der Waals surface area contributed by atoms with Crippen molar-refractivity contribution in [3.8, 4) is 11.8 Å². The van der Waals surface area contributed by atoms with Gasteiger partial charge in [0.05, 0.1) is 5.57 Å². The monoisotopic (exact) mass is 302 g/mol. The zero-order valence-corrected chi connectivity index (χ0v) is 13.6. The van der Waals surface area contributed by atoms with E-state index < -0.39 is 18.0 Å². The van der Waals surface area contributed by atoms with Gasteiger partial charge < -0.3 is 14.2 Å². The molecule has 1 saturated heterocycles. The lowest BCUT2D eigenvalue weighted by Gasteiger charge is -2.30. The first kappa shape index (κ1) is 16.7. The molecule has 0 amide bonds. The van der Waals surface area contributed by atoms with E-state index in [1.165, 1.54) is 25.9 Å². The fourth-order valence-electron chi connectivity index (χ4n) is 2.51. The SMILES string of the molecule is C=C(C#CC1=CC(=O)C2OC2C1(OC)OC)CCC=C(C)C. The standard InChI is InChI=1S/C18H22O4/c1-12(2)7-6-8-13(3)9-10-14-11-15(19)16-17(22-16)18(14,20-4)21-5/h7,11,16-17H,3,6,8H2,1-2,4-5H3. The van der Waals surface area contributed by atoms with E-state index >= 15 is 0 Å². The Hall–Kier alpha value is -1.67. The van der Waals surface area contributed by atoms with Crippen LogP contribution in [0.5, 0.6) is 0 Å². The van der Waals surface area contributed by atoms with Crippen molar-refractivity contribution in [2.24, 2.45) is 0 Å². The largest absolute Gasteiger partial charge is 0.355 e. The second kappa shape index (κ2) is 6.62. The molecule has 0 N–H and O–H groups in total. The maximum absolute atomic E-state index is 11.8. The third-order valence-corrected chi connectivity index (χ3v) is 3.79. The lowest BCUT2D eigenvalue weighted by atomic mass is 9.91. The number of carbonyl (C=O) groups excluding carboxylic acids is 1. The van der Waals surface area contributed by atoms with Crippen LogP contribution in [0.4, 0.5) is 0 Å². The van der Waals surface area contributed by atoms with Crippen LogP contribution in [0.2, 0.25) is 0 Å². The summed E-state index contributed by atoms with van der Waals surface area (Å²) in [5.74, 6) is 4.80. The Kier molecular flexibility index (Phi) is 5.02. The van der Waals surface area contributed by atoms with Crippen LogP contribution < -0.4 is 0 Å². The number of hydrogen-bond donors (Lipinski definition) is 0. The van der Waals surface area contributed by atoms with E-state index in [4.69, 9.17) is 14.2 Å². The molecule has 0 aromatic carbocycles. The molecular formula is C18H22O4. The number of carbonyl (C=O) groups is 1. The molecule has 0 spiro atoms. The van der Waals surface area contributed by atoms with E-state index in [1.807, 2.05) is 0 Å². The van der Waals surface area contributed by atoms with Crippen molar-refractivity contribution < 1.29 is 19.0 Å². The van der Waals surface area contributed by atoms with Gasteiger partial charge in [0.15, 0.2) is 18.0 Å². The van der Waals surface area contributed by atoms with Gasteiger partial charge in [-0.1, -0.05) is 30.1 Å². The van der Waals surface area contributed by atoms with Crippen LogP contribution in [0, 0.1) is 11.8 Å². The van der Waals surface area contributed by atoms with E-state index in [1.54, 1.807) is 0 Å². The molecule has 0 aromatic heterocycles. The van der Waals surface area contributed by atoms with Crippen molar-refractivity contribution in [2.45, 2.75) is 44.7 Å². The van der Waals surface area contributed by atoms with Crippen LogP contribution in [0.25, 0.3) is 0 Å². The number of fused-ring (bicyclic) bond motifs is 1. The summed E-state index contributed by atoms with van der Waals surface area (Å²) >= 11 is 0. The number of epoxide rings is 1. The zero-order valence-electron chi connectivity index (χ0n) is 13.6. The van der Waals surface area contributed by atoms with Gasteiger partial charge in [0.25, 0.3) is 0 Å². The second-order valence-electron chi connectivity index (χ2n) is 5.69. The quantitative estimate of drug-likeness (QED) is 0.339. The summed E-state index contributed by atoms with van der Waals surface area (Å²) in [7, 11) is 3.05. The van der Waals surface area contributed by atoms with E-state index in [0.717, 1.165) is 18.4 Å². The first-order valence-electron chi connectivity index (χ1n) is 7.29. The summed E-state index contributed by atoms with van der Waals surface area (Å²) < 4.78 is 16.3. The van der Waals surface area contributed by atoms with Crippen molar-refractivity contribution >= 4 is 5.78 Å². The molecule has 4 nitrogen and oxygen atoms in total. The fourth-order valence-corrected chi connectivity index (χ4v) is 2.51. The Bertz CT molecular complexity index is 592. The molecule has 2 unspecified atom stereocenters. The number of hydrogen-bond acceptors (Lipinski definition) is 4. The molecule has 0 aromatic rings. The van der Waals surface area contributed by atoms with Crippen molar-refractivity contribution in [1.82, 2.24) is 0 Å². The van der Waals surface area contributed by atoms with Crippen LogP contribution in [0.15, 0.2) is 35.5 Å². The van der Waals surface area contributed by atoms with Crippen LogP contribution >= 0.6 is 0 Å². The molecule has 1 aliphatic carbocycles. The first-order valence-corrected chi connectivity index (χ1v) is 7.29. The molecule has 2 aliphatic rings. The number of methoxy groups -OCH3 is 2. The van der Waals surface area contributed by atoms with Gasteiger partial charge in [-0.25, -0.2) is 0 Å². The van der Waals surface area contributed by atoms with Gasteiger partial charge in [-0.2, -0.15) is 0 Å². The minimum absolute atomic E-state index is 0.0887. The molecule has 4 heteroatoms. The summed E-state index contributed by atoms with van der Waals surface area (Å²) in [6, 6.07) is 0. The molecule has 1 aliphatic heterocycles. The average Bonchev–Trinajstić information content (AvgIpc) is 3.27. The van der Waals surface area contributed by atoms with E-state index in [9.17, 15) is 4.79 Å². The lowest BCUT2D eigenvalue weighted by Crippen LogP contribution is -2.46. The number of allylic oxidation sites excluding steroid dienone is 3. The molecule has 118 valence electrons. The van der Waals surface area contributed by atoms with Gasteiger partial charge in [-0.3, -0.25) is 4.79 Å². The van der Waals surface area contributed by atoms with Crippen molar-refractivity contribution in [3.63, 3.8) is 0 Å². The normalized spacial score (nSPS) is 24.5. The number of ether oxygens (including phenoxy) is 3. The fraction of sp³-hybridized carbons (Fsp3) is 0.500. The molecule has 0 bridgehead atoms. The van der Waals surface area contributed by atoms with Crippen molar-refractivity contribution in [2.75, 3.05) is 14.2 Å². The topological polar surface area (TPSA) is 48.1 Å².